The van der Waals surface area contributed by atoms with Gasteiger partial charge in [0.15, 0.2) is 0 Å². The molecule has 0 fully saturated rings. The molecule has 122 valence electrons. The highest BCUT2D eigenvalue weighted by atomic mass is 35.5. The van der Waals surface area contributed by atoms with E-state index in [4.69, 9.17) is 16.7 Å². The minimum absolute atomic E-state index is 0.0545. The summed E-state index contributed by atoms with van der Waals surface area (Å²) < 4.78 is 23.1. The summed E-state index contributed by atoms with van der Waals surface area (Å²) in [4.78, 5) is 11.8. The molecule has 1 unspecified atom stereocenters. The molecule has 5 nitrogen and oxygen atoms in total. The van der Waals surface area contributed by atoms with Crippen molar-refractivity contribution < 1.29 is 13.2 Å². The average Bonchev–Trinajstić information content (AvgIpc) is 2.86. The van der Waals surface area contributed by atoms with Crippen molar-refractivity contribution in [3.8, 4) is 0 Å². The highest BCUT2D eigenvalue weighted by Crippen LogP contribution is 2.33. The van der Waals surface area contributed by atoms with E-state index in [2.05, 4.69) is 5.32 Å². The first kappa shape index (κ1) is 17.5. The molecule has 1 aliphatic rings. The van der Waals surface area contributed by atoms with Crippen LogP contribution in [0.5, 0.6) is 0 Å². The highest BCUT2D eigenvalue weighted by molar-refractivity contribution is 7.89. The first-order chi connectivity index (χ1) is 10.9. The van der Waals surface area contributed by atoms with Gasteiger partial charge in [-0.25, -0.2) is 13.6 Å². The fourth-order valence-electron chi connectivity index (χ4n) is 2.42. The molecule has 23 heavy (non-hydrogen) atoms. The number of fused-ring (bicyclic) bond motifs is 1. The van der Waals surface area contributed by atoms with Gasteiger partial charge in [-0.3, -0.25) is 4.79 Å². The Kier molecular flexibility index (Phi) is 5.09. The van der Waals surface area contributed by atoms with Gasteiger partial charge >= 0.3 is 0 Å². The standard InChI is InChI=1S/C14H11ClN2O3S.C2H6/c15-11-6-5-8(7-12(11)21(16,19)20)13-9-3-1-2-4-10(9)14(18)17-13;1-2/h1-7,13H,(H,17,18)(H2,16,19,20);1-2H3. The molecule has 0 saturated carbocycles. The smallest absolute Gasteiger partial charge is 0.252 e. The van der Waals surface area contributed by atoms with Gasteiger partial charge in [-0.15, -0.1) is 0 Å². The number of carbonyl (C=O) groups is 1. The Balaban J connectivity index is 0.000000924. The predicted octanol–water partition coefficient (Wildman–Crippen LogP) is 2.85. The third kappa shape index (κ3) is 3.39. The van der Waals surface area contributed by atoms with Gasteiger partial charge < -0.3 is 5.32 Å². The Morgan fingerprint density at radius 2 is 1.78 bits per heavy atom. The second-order valence-corrected chi connectivity index (χ2v) is 6.67. The number of sulfonamides is 1. The molecular formula is C16H17ClN2O3S. The fourth-order valence-corrected chi connectivity index (χ4v) is 3.50. The summed E-state index contributed by atoms with van der Waals surface area (Å²) in [6.45, 7) is 4.00. The third-order valence-corrected chi connectivity index (χ3v) is 4.78. The molecule has 0 saturated heterocycles. The SMILES string of the molecule is CC.NS(=O)(=O)c1cc(C2NC(=O)c3ccccc32)ccc1Cl. The molecule has 1 atom stereocenters. The minimum Gasteiger partial charge on any atom is -0.341 e. The second-order valence-electron chi connectivity index (χ2n) is 4.73. The van der Waals surface area contributed by atoms with Crippen molar-refractivity contribution in [1.29, 1.82) is 0 Å². The number of nitrogens with one attached hydrogen (secondary N) is 1. The Bertz CT molecular complexity index is 850. The molecule has 0 aliphatic carbocycles. The van der Waals surface area contributed by atoms with Gasteiger partial charge in [0.2, 0.25) is 10.0 Å². The van der Waals surface area contributed by atoms with Crippen molar-refractivity contribution in [3.63, 3.8) is 0 Å². The molecule has 0 radical (unpaired) electrons. The van der Waals surface area contributed by atoms with Crippen molar-refractivity contribution in [3.05, 3.63) is 64.2 Å². The van der Waals surface area contributed by atoms with Crippen molar-refractivity contribution in [2.75, 3.05) is 0 Å². The minimum atomic E-state index is -3.92. The predicted molar refractivity (Wildman–Crippen MR) is 89.9 cm³/mol. The van der Waals surface area contributed by atoms with Crippen LogP contribution in [0.25, 0.3) is 0 Å². The number of carbonyl (C=O) groups excluding carboxylic acids is 1. The molecule has 1 aliphatic heterocycles. The van der Waals surface area contributed by atoms with Crippen LogP contribution in [0.2, 0.25) is 5.02 Å². The maximum Gasteiger partial charge on any atom is 0.252 e. The lowest BCUT2D eigenvalue weighted by Crippen LogP contribution is -2.20. The first-order valence-corrected chi connectivity index (χ1v) is 9.02. The fraction of sp³-hybridized carbons (Fsp3) is 0.188. The van der Waals surface area contributed by atoms with Crippen molar-refractivity contribution in [2.24, 2.45) is 5.14 Å². The quantitative estimate of drug-likeness (QED) is 0.870. The van der Waals surface area contributed by atoms with E-state index in [0.717, 1.165) is 5.56 Å². The monoisotopic (exact) mass is 352 g/mol. The van der Waals surface area contributed by atoms with Gasteiger partial charge in [0.05, 0.1) is 11.1 Å². The molecule has 0 bridgehead atoms. The van der Waals surface area contributed by atoms with Gasteiger partial charge in [0, 0.05) is 5.56 Å². The molecule has 1 amide bonds. The first-order valence-electron chi connectivity index (χ1n) is 7.10. The zero-order valence-corrected chi connectivity index (χ0v) is 14.3. The van der Waals surface area contributed by atoms with Crippen LogP contribution in [-0.4, -0.2) is 14.3 Å². The molecule has 2 aromatic carbocycles. The molecule has 0 spiro atoms. The number of nitrogens with two attached hydrogens (primary N) is 1. The number of halogens is 1. The van der Waals surface area contributed by atoms with E-state index in [-0.39, 0.29) is 15.8 Å². The molecule has 7 heteroatoms. The normalized spacial score (nSPS) is 16.2. The summed E-state index contributed by atoms with van der Waals surface area (Å²) in [5.74, 6) is -0.192. The van der Waals surface area contributed by atoms with Crippen LogP contribution in [-0.2, 0) is 10.0 Å². The summed E-state index contributed by atoms with van der Waals surface area (Å²) in [5, 5.41) is 8.02. The Morgan fingerprint density at radius 1 is 1.13 bits per heavy atom. The molecule has 2 aromatic rings. The van der Waals surface area contributed by atoms with Crippen LogP contribution in [0.1, 0.15) is 41.4 Å². The molecular weight excluding hydrogens is 336 g/mol. The van der Waals surface area contributed by atoms with E-state index in [1.54, 1.807) is 18.2 Å². The topological polar surface area (TPSA) is 89.3 Å². The van der Waals surface area contributed by atoms with E-state index in [9.17, 15) is 13.2 Å². The van der Waals surface area contributed by atoms with Crippen LogP contribution < -0.4 is 10.5 Å². The summed E-state index contributed by atoms with van der Waals surface area (Å²) >= 11 is 5.87. The summed E-state index contributed by atoms with van der Waals surface area (Å²) in [7, 11) is -3.92. The van der Waals surface area contributed by atoms with E-state index in [0.29, 0.717) is 11.1 Å². The molecule has 3 rings (SSSR count). The van der Waals surface area contributed by atoms with Crippen molar-refractivity contribution in [1.82, 2.24) is 5.32 Å². The van der Waals surface area contributed by atoms with E-state index >= 15 is 0 Å². The number of benzene rings is 2. The van der Waals surface area contributed by atoms with Gasteiger partial charge in [-0.2, -0.15) is 0 Å². The highest BCUT2D eigenvalue weighted by Gasteiger charge is 2.30. The number of amides is 1. The maximum atomic E-state index is 11.9. The van der Waals surface area contributed by atoms with Crippen LogP contribution in [0.3, 0.4) is 0 Å². The lowest BCUT2D eigenvalue weighted by Gasteiger charge is -2.14. The van der Waals surface area contributed by atoms with Gasteiger partial charge in [0.1, 0.15) is 4.90 Å². The average molecular weight is 353 g/mol. The molecule has 0 aromatic heterocycles. The van der Waals surface area contributed by atoms with Crippen LogP contribution in [0.4, 0.5) is 0 Å². The second kappa shape index (κ2) is 6.70. The van der Waals surface area contributed by atoms with E-state index in [1.807, 2.05) is 26.0 Å². The number of rotatable bonds is 2. The summed E-state index contributed by atoms with van der Waals surface area (Å²) in [5.41, 5.74) is 1.99. The van der Waals surface area contributed by atoms with Gasteiger partial charge in [-0.05, 0) is 29.3 Å². The van der Waals surface area contributed by atoms with Crippen LogP contribution in [0, 0.1) is 0 Å². The number of hydrogen-bond acceptors (Lipinski definition) is 3. The summed E-state index contributed by atoms with van der Waals surface area (Å²) in [6.07, 6.45) is 0. The third-order valence-electron chi connectivity index (χ3n) is 3.39. The zero-order chi connectivity index (χ0) is 17.2. The van der Waals surface area contributed by atoms with Crippen LogP contribution >= 0.6 is 11.6 Å². The lowest BCUT2D eigenvalue weighted by atomic mass is 9.99. The maximum absolute atomic E-state index is 11.9. The zero-order valence-electron chi connectivity index (χ0n) is 12.7. The number of primary sulfonamides is 1. The Hall–Kier alpha value is -1.89. The van der Waals surface area contributed by atoms with Crippen LogP contribution in [0.15, 0.2) is 47.4 Å². The van der Waals surface area contributed by atoms with Gasteiger partial charge in [-0.1, -0.05) is 49.7 Å². The lowest BCUT2D eigenvalue weighted by molar-refractivity contribution is 0.0960. The van der Waals surface area contributed by atoms with Gasteiger partial charge in [0.25, 0.3) is 5.91 Å². The number of hydrogen-bond donors (Lipinski definition) is 2. The summed E-state index contributed by atoms with van der Waals surface area (Å²) in [6, 6.07) is 11.3. The van der Waals surface area contributed by atoms with E-state index in [1.165, 1.54) is 12.1 Å². The Labute approximate surface area is 140 Å². The van der Waals surface area contributed by atoms with Crippen molar-refractivity contribution in [2.45, 2.75) is 24.8 Å². The molecule has 3 N–H and O–H groups in total. The molecule has 1 heterocycles. The van der Waals surface area contributed by atoms with Crippen molar-refractivity contribution >= 4 is 27.5 Å². The Morgan fingerprint density at radius 3 is 2.43 bits per heavy atom. The largest absolute Gasteiger partial charge is 0.341 e. The van der Waals surface area contributed by atoms with E-state index < -0.39 is 16.1 Å².